The second-order valence-electron chi connectivity index (χ2n) is 5.06. The van der Waals surface area contributed by atoms with E-state index in [4.69, 9.17) is 0 Å². The highest BCUT2D eigenvalue weighted by molar-refractivity contribution is 5.65. The first-order chi connectivity index (χ1) is 8.59. The van der Waals surface area contributed by atoms with Gasteiger partial charge in [0.05, 0.1) is 23.3 Å². The van der Waals surface area contributed by atoms with E-state index in [0.29, 0.717) is 6.04 Å². The number of nitrogens with one attached hydrogen (secondary N) is 1. The van der Waals surface area contributed by atoms with Crippen molar-refractivity contribution in [3.8, 4) is 11.4 Å². The van der Waals surface area contributed by atoms with Crippen LogP contribution in [0.1, 0.15) is 29.8 Å². The Morgan fingerprint density at radius 3 is 2.72 bits per heavy atom. The molecule has 0 bridgehead atoms. The number of aryl methyl sites for hydroxylation is 3. The lowest BCUT2D eigenvalue weighted by Crippen LogP contribution is -2.27. The lowest BCUT2D eigenvalue weighted by Gasteiger charge is -2.19. The molecule has 0 aliphatic carbocycles. The molecule has 3 heterocycles. The summed E-state index contributed by atoms with van der Waals surface area (Å²) in [6.45, 7) is 5.29. The quantitative estimate of drug-likeness (QED) is 0.824. The van der Waals surface area contributed by atoms with Gasteiger partial charge in [-0.1, -0.05) is 0 Å². The average molecular weight is 245 g/mol. The van der Waals surface area contributed by atoms with Crippen LogP contribution in [0.2, 0.25) is 0 Å². The van der Waals surface area contributed by atoms with Gasteiger partial charge in [0.15, 0.2) is 0 Å². The van der Waals surface area contributed by atoms with Gasteiger partial charge in [-0.25, -0.2) is 0 Å². The van der Waals surface area contributed by atoms with E-state index in [1.165, 1.54) is 28.2 Å². The van der Waals surface area contributed by atoms with Gasteiger partial charge in [-0.15, -0.1) is 0 Å². The fourth-order valence-corrected chi connectivity index (χ4v) is 2.88. The van der Waals surface area contributed by atoms with Crippen molar-refractivity contribution in [1.29, 1.82) is 0 Å². The smallest absolute Gasteiger partial charge is 0.0898 e. The van der Waals surface area contributed by atoms with Crippen LogP contribution >= 0.6 is 0 Å². The normalized spacial score (nSPS) is 19.0. The molecule has 0 saturated heterocycles. The van der Waals surface area contributed by atoms with E-state index in [-0.39, 0.29) is 0 Å². The van der Waals surface area contributed by atoms with Crippen LogP contribution in [0, 0.1) is 6.92 Å². The van der Waals surface area contributed by atoms with Crippen molar-refractivity contribution in [3.05, 3.63) is 23.0 Å². The first-order valence-corrected chi connectivity index (χ1v) is 6.37. The Kier molecular flexibility index (Phi) is 2.52. The third kappa shape index (κ3) is 1.50. The zero-order chi connectivity index (χ0) is 12.9. The summed E-state index contributed by atoms with van der Waals surface area (Å²) in [5, 5.41) is 12.5. The van der Waals surface area contributed by atoms with E-state index in [2.05, 4.69) is 29.4 Å². The van der Waals surface area contributed by atoms with Gasteiger partial charge in [0.25, 0.3) is 0 Å². The van der Waals surface area contributed by atoms with Crippen molar-refractivity contribution < 1.29 is 0 Å². The maximum Gasteiger partial charge on any atom is 0.0898 e. The molecule has 0 saturated carbocycles. The molecule has 0 fully saturated rings. The molecule has 18 heavy (non-hydrogen) atoms. The first kappa shape index (κ1) is 11.5. The molecule has 1 atom stereocenters. The second kappa shape index (κ2) is 3.95. The lowest BCUT2D eigenvalue weighted by molar-refractivity contribution is 0.525. The average Bonchev–Trinajstić information content (AvgIpc) is 2.81. The summed E-state index contributed by atoms with van der Waals surface area (Å²) in [5.74, 6) is 0. The molecule has 1 unspecified atom stereocenters. The molecular formula is C13H19N5. The summed E-state index contributed by atoms with van der Waals surface area (Å²) in [5.41, 5.74) is 6.15. The van der Waals surface area contributed by atoms with E-state index in [1.807, 2.05) is 29.7 Å². The number of aromatic nitrogens is 4. The van der Waals surface area contributed by atoms with Crippen LogP contribution < -0.4 is 5.32 Å². The van der Waals surface area contributed by atoms with Gasteiger partial charge in [-0.2, -0.15) is 10.2 Å². The summed E-state index contributed by atoms with van der Waals surface area (Å²) in [7, 11) is 4.01. The molecule has 2 aromatic rings. The van der Waals surface area contributed by atoms with Crippen LogP contribution in [-0.4, -0.2) is 26.1 Å². The molecule has 3 rings (SSSR count). The molecule has 1 aliphatic rings. The number of hydrogen-bond donors (Lipinski definition) is 1. The second-order valence-corrected chi connectivity index (χ2v) is 5.06. The highest BCUT2D eigenvalue weighted by Crippen LogP contribution is 2.32. The van der Waals surface area contributed by atoms with Crippen molar-refractivity contribution in [2.24, 2.45) is 14.1 Å². The largest absolute Gasteiger partial charge is 0.308 e. The Balaban J connectivity index is 2.25. The van der Waals surface area contributed by atoms with Gasteiger partial charge in [0.2, 0.25) is 0 Å². The summed E-state index contributed by atoms with van der Waals surface area (Å²) in [6.07, 6.45) is 2.95. The summed E-state index contributed by atoms with van der Waals surface area (Å²) >= 11 is 0. The van der Waals surface area contributed by atoms with Crippen LogP contribution in [0.3, 0.4) is 0 Å². The molecule has 5 heteroatoms. The molecule has 96 valence electrons. The van der Waals surface area contributed by atoms with Crippen LogP contribution in [0.25, 0.3) is 11.4 Å². The molecule has 0 radical (unpaired) electrons. The molecule has 1 N–H and O–H groups in total. The Hall–Kier alpha value is -1.62. The van der Waals surface area contributed by atoms with Crippen molar-refractivity contribution >= 4 is 0 Å². The molecular weight excluding hydrogens is 226 g/mol. The van der Waals surface area contributed by atoms with Crippen molar-refractivity contribution in [1.82, 2.24) is 24.9 Å². The maximum absolute atomic E-state index is 4.68. The predicted molar refractivity (Wildman–Crippen MR) is 70.3 cm³/mol. The van der Waals surface area contributed by atoms with Crippen molar-refractivity contribution in [2.45, 2.75) is 26.3 Å². The predicted octanol–water partition coefficient (Wildman–Crippen LogP) is 1.34. The highest BCUT2D eigenvalue weighted by atomic mass is 15.3. The van der Waals surface area contributed by atoms with Gasteiger partial charge in [0, 0.05) is 25.7 Å². The van der Waals surface area contributed by atoms with E-state index >= 15 is 0 Å². The molecule has 1 aliphatic heterocycles. The van der Waals surface area contributed by atoms with Crippen molar-refractivity contribution in [3.63, 3.8) is 0 Å². The maximum atomic E-state index is 4.68. The number of fused-ring (bicyclic) bond motifs is 1. The summed E-state index contributed by atoms with van der Waals surface area (Å²) < 4.78 is 3.94. The third-order valence-corrected chi connectivity index (χ3v) is 3.76. The standard InChI is InChI=1S/C13H19N5/c1-8-7-15-17(3)12(8)13-10-5-6-14-9(2)11(10)16-18(13)4/h7,9,14H,5-6H2,1-4H3. The Morgan fingerprint density at radius 2 is 2.06 bits per heavy atom. The fraction of sp³-hybridized carbons (Fsp3) is 0.538. The topological polar surface area (TPSA) is 47.7 Å². The Morgan fingerprint density at radius 1 is 1.28 bits per heavy atom. The van der Waals surface area contributed by atoms with Gasteiger partial charge in [-0.05, 0) is 32.4 Å². The molecule has 0 spiro atoms. The van der Waals surface area contributed by atoms with Gasteiger partial charge >= 0.3 is 0 Å². The Labute approximate surface area is 107 Å². The van der Waals surface area contributed by atoms with E-state index in [9.17, 15) is 0 Å². The minimum absolute atomic E-state index is 0.335. The lowest BCUT2D eigenvalue weighted by atomic mass is 9.98. The first-order valence-electron chi connectivity index (χ1n) is 6.37. The Bertz CT molecular complexity index is 573. The zero-order valence-electron chi connectivity index (χ0n) is 11.4. The zero-order valence-corrected chi connectivity index (χ0v) is 11.4. The molecule has 0 amide bonds. The molecule has 2 aromatic heterocycles. The van der Waals surface area contributed by atoms with Gasteiger partial charge in [-0.3, -0.25) is 9.36 Å². The van der Waals surface area contributed by atoms with Crippen LogP contribution in [-0.2, 0) is 20.5 Å². The third-order valence-electron chi connectivity index (χ3n) is 3.76. The van der Waals surface area contributed by atoms with Crippen LogP contribution in [0.15, 0.2) is 6.20 Å². The van der Waals surface area contributed by atoms with E-state index in [1.54, 1.807) is 0 Å². The number of hydrogen-bond acceptors (Lipinski definition) is 3. The van der Waals surface area contributed by atoms with Crippen molar-refractivity contribution in [2.75, 3.05) is 6.54 Å². The summed E-state index contributed by atoms with van der Waals surface area (Å²) in [4.78, 5) is 0. The highest BCUT2D eigenvalue weighted by Gasteiger charge is 2.26. The number of nitrogens with zero attached hydrogens (tertiary/aromatic N) is 4. The summed E-state index contributed by atoms with van der Waals surface area (Å²) in [6, 6.07) is 0.335. The number of rotatable bonds is 1. The molecule has 5 nitrogen and oxygen atoms in total. The van der Waals surface area contributed by atoms with E-state index < -0.39 is 0 Å². The van der Waals surface area contributed by atoms with Gasteiger partial charge < -0.3 is 5.32 Å². The minimum atomic E-state index is 0.335. The van der Waals surface area contributed by atoms with Gasteiger partial charge in [0.1, 0.15) is 0 Å². The van der Waals surface area contributed by atoms with Crippen LogP contribution in [0.4, 0.5) is 0 Å². The van der Waals surface area contributed by atoms with E-state index in [0.717, 1.165) is 13.0 Å². The van der Waals surface area contributed by atoms with Crippen LogP contribution in [0.5, 0.6) is 0 Å². The SMILES string of the molecule is Cc1cnn(C)c1-c1c2c(nn1C)C(C)NCC2. The monoisotopic (exact) mass is 245 g/mol. The minimum Gasteiger partial charge on any atom is -0.308 e. The fourth-order valence-electron chi connectivity index (χ4n) is 2.88. The molecule has 0 aromatic carbocycles.